The van der Waals surface area contributed by atoms with E-state index in [1.807, 2.05) is 64.1 Å². The minimum Gasteiger partial charge on any atom is -0.468 e. The number of amides is 2. The Morgan fingerprint density at radius 2 is 1.03 bits per heavy atom. The van der Waals surface area contributed by atoms with Crippen molar-refractivity contribution >= 4 is 28.4 Å². The van der Waals surface area contributed by atoms with E-state index in [-0.39, 0.29) is 11.8 Å². The molecule has 0 N–H and O–H groups in total. The van der Waals surface area contributed by atoms with Gasteiger partial charge in [0, 0.05) is 12.3 Å². The van der Waals surface area contributed by atoms with Gasteiger partial charge in [-0.2, -0.15) is 0 Å². The SMILES string of the molecule is CC1(C)Oc2ccccc2C(=O)N1C[Si](C)(C)O[Si](C)(C)CN1C(=O)c2ccccc2OC1(C)C. The Labute approximate surface area is 210 Å². The fraction of sp³-hybridized carbons (Fsp3) is 0.462. The Balaban J connectivity index is 1.52. The Hall–Kier alpha value is -2.63. The lowest BCUT2D eigenvalue weighted by atomic mass is 10.1. The van der Waals surface area contributed by atoms with E-state index in [2.05, 4.69) is 26.2 Å². The smallest absolute Gasteiger partial charge is 0.260 e. The van der Waals surface area contributed by atoms with E-state index < -0.39 is 28.1 Å². The molecule has 0 saturated carbocycles. The maximum Gasteiger partial charge on any atom is 0.260 e. The van der Waals surface area contributed by atoms with E-state index in [0.717, 1.165) is 0 Å². The van der Waals surface area contributed by atoms with Crippen molar-refractivity contribution in [3.8, 4) is 11.5 Å². The third-order valence-electron chi connectivity index (χ3n) is 6.38. The highest BCUT2D eigenvalue weighted by Gasteiger charge is 2.47. The number of rotatable bonds is 6. The Morgan fingerprint density at radius 3 is 1.40 bits per heavy atom. The summed E-state index contributed by atoms with van der Waals surface area (Å²) in [7, 11) is -4.79. The molecule has 4 rings (SSSR count). The number of carbonyl (C=O) groups excluding carboxylic acids is 2. The van der Waals surface area contributed by atoms with E-state index in [4.69, 9.17) is 13.6 Å². The standard InChI is InChI=1S/C26H36N2O5Si2/c1-25(2)27(23(29)19-13-9-11-15-21(19)31-25)17-34(5,6)33-35(7,8)18-28-24(30)20-14-10-12-16-22(20)32-26(28,3)4/h9-16H,17-18H2,1-8H3. The molecule has 2 aliphatic rings. The lowest BCUT2D eigenvalue weighted by Gasteiger charge is -2.48. The quantitative estimate of drug-likeness (QED) is 0.508. The molecule has 0 fully saturated rings. The molecule has 0 atom stereocenters. The highest BCUT2D eigenvalue weighted by atomic mass is 28.4. The van der Waals surface area contributed by atoms with Crippen molar-refractivity contribution in [2.45, 2.75) is 65.3 Å². The van der Waals surface area contributed by atoms with Crippen LogP contribution in [0.15, 0.2) is 48.5 Å². The number of benzene rings is 2. The van der Waals surface area contributed by atoms with Crippen LogP contribution in [0.1, 0.15) is 48.4 Å². The molecule has 0 aliphatic carbocycles. The van der Waals surface area contributed by atoms with Gasteiger partial charge in [-0.15, -0.1) is 0 Å². The number of hydrogen-bond acceptors (Lipinski definition) is 5. The topological polar surface area (TPSA) is 68.3 Å². The summed E-state index contributed by atoms with van der Waals surface area (Å²) < 4.78 is 19.2. The number of ether oxygens (including phenoxy) is 2. The van der Waals surface area contributed by atoms with Gasteiger partial charge in [-0.05, 0) is 78.1 Å². The molecule has 2 aromatic carbocycles. The van der Waals surface area contributed by atoms with Crippen LogP contribution in [0.3, 0.4) is 0 Å². The second-order valence-electron chi connectivity index (χ2n) is 11.5. The molecule has 188 valence electrons. The Bertz CT molecular complexity index is 1070. The van der Waals surface area contributed by atoms with Crippen LogP contribution in [0, 0.1) is 0 Å². The number of nitrogens with zero attached hydrogens (tertiary/aromatic N) is 2. The lowest BCUT2D eigenvalue weighted by Crippen LogP contribution is -2.65. The van der Waals surface area contributed by atoms with Crippen LogP contribution in [0.4, 0.5) is 0 Å². The molecule has 35 heavy (non-hydrogen) atoms. The van der Waals surface area contributed by atoms with Gasteiger partial charge in [-0.25, -0.2) is 0 Å². The minimum absolute atomic E-state index is 0.0437. The summed E-state index contributed by atoms with van der Waals surface area (Å²) in [5.41, 5.74) is -0.422. The van der Waals surface area contributed by atoms with Crippen molar-refractivity contribution in [2.75, 3.05) is 12.3 Å². The van der Waals surface area contributed by atoms with Gasteiger partial charge in [0.2, 0.25) is 0 Å². The highest BCUT2D eigenvalue weighted by Crippen LogP contribution is 2.36. The summed E-state index contributed by atoms with van der Waals surface area (Å²) in [6, 6.07) is 14.7. The predicted molar refractivity (Wildman–Crippen MR) is 140 cm³/mol. The maximum atomic E-state index is 13.4. The summed E-state index contributed by atoms with van der Waals surface area (Å²) >= 11 is 0. The first-order chi connectivity index (χ1) is 16.1. The zero-order valence-electron chi connectivity index (χ0n) is 22.0. The fourth-order valence-electron chi connectivity index (χ4n) is 4.99. The van der Waals surface area contributed by atoms with Crippen LogP contribution in [0.25, 0.3) is 0 Å². The van der Waals surface area contributed by atoms with Gasteiger partial charge in [0.05, 0.1) is 11.1 Å². The first-order valence-electron chi connectivity index (χ1n) is 12.0. The van der Waals surface area contributed by atoms with E-state index in [0.29, 0.717) is 35.0 Å². The van der Waals surface area contributed by atoms with Gasteiger partial charge in [-0.1, -0.05) is 24.3 Å². The second-order valence-corrected chi connectivity index (χ2v) is 20.0. The second kappa shape index (κ2) is 8.49. The predicted octanol–water partition coefficient (Wildman–Crippen LogP) is 5.03. The summed E-state index contributed by atoms with van der Waals surface area (Å²) in [6.07, 6.45) is 0.973. The summed E-state index contributed by atoms with van der Waals surface area (Å²) in [6.45, 7) is 16.2. The van der Waals surface area contributed by atoms with Crippen molar-refractivity contribution in [3.63, 3.8) is 0 Å². The molecule has 2 aliphatic heterocycles. The average Bonchev–Trinajstić information content (AvgIpc) is 2.73. The molecule has 2 aromatic rings. The third-order valence-corrected chi connectivity index (χ3v) is 13.0. The average molecular weight is 513 g/mol. The van der Waals surface area contributed by atoms with E-state index in [1.165, 1.54) is 0 Å². The molecule has 0 saturated heterocycles. The molecule has 0 bridgehead atoms. The van der Waals surface area contributed by atoms with Gasteiger partial charge in [0.1, 0.15) is 11.5 Å². The van der Waals surface area contributed by atoms with Crippen molar-refractivity contribution in [1.29, 1.82) is 0 Å². The van der Waals surface area contributed by atoms with Crippen LogP contribution in [0.2, 0.25) is 26.2 Å². The molecule has 0 aromatic heterocycles. The fourth-order valence-corrected chi connectivity index (χ4v) is 14.1. The lowest BCUT2D eigenvalue weighted by molar-refractivity contribution is -0.0436. The van der Waals surface area contributed by atoms with Gasteiger partial charge in [0.15, 0.2) is 28.1 Å². The molecule has 0 unspecified atom stereocenters. The normalized spacial score (nSPS) is 19.0. The summed E-state index contributed by atoms with van der Waals surface area (Å²) in [5, 5.41) is 0. The minimum atomic E-state index is -2.39. The molecule has 0 spiro atoms. The largest absolute Gasteiger partial charge is 0.468 e. The monoisotopic (exact) mass is 512 g/mol. The van der Waals surface area contributed by atoms with Crippen LogP contribution >= 0.6 is 0 Å². The van der Waals surface area contributed by atoms with Crippen LogP contribution in [-0.4, -0.2) is 62.0 Å². The van der Waals surface area contributed by atoms with Gasteiger partial charge in [0.25, 0.3) is 11.8 Å². The number of fused-ring (bicyclic) bond motifs is 2. The number of para-hydroxylation sites is 2. The summed E-state index contributed by atoms with van der Waals surface area (Å²) in [5.74, 6) is 1.13. The van der Waals surface area contributed by atoms with Crippen molar-refractivity contribution in [3.05, 3.63) is 59.7 Å². The zero-order chi connectivity index (χ0) is 25.8. The van der Waals surface area contributed by atoms with E-state index >= 15 is 0 Å². The van der Waals surface area contributed by atoms with Gasteiger partial charge in [-0.3, -0.25) is 9.59 Å². The summed E-state index contributed by atoms with van der Waals surface area (Å²) in [4.78, 5) is 30.4. The van der Waals surface area contributed by atoms with Crippen LogP contribution < -0.4 is 9.47 Å². The molecule has 2 amide bonds. The molecule has 0 radical (unpaired) electrons. The van der Waals surface area contributed by atoms with Gasteiger partial charge >= 0.3 is 0 Å². The Morgan fingerprint density at radius 1 is 0.686 bits per heavy atom. The van der Waals surface area contributed by atoms with Crippen molar-refractivity contribution in [1.82, 2.24) is 9.80 Å². The van der Waals surface area contributed by atoms with E-state index in [1.54, 1.807) is 21.9 Å². The first-order valence-corrected chi connectivity index (χ1v) is 18.3. The first kappa shape index (κ1) is 25.5. The van der Waals surface area contributed by atoms with Gasteiger partial charge < -0.3 is 23.4 Å². The molecule has 7 nitrogen and oxygen atoms in total. The van der Waals surface area contributed by atoms with Crippen molar-refractivity contribution < 1.29 is 23.2 Å². The van der Waals surface area contributed by atoms with E-state index in [9.17, 15) is 9.59 Å². The number of carbonyl (C=O) groups is 2. The third kappa shape index (κ3) is 5.03. The Kier molecular flexibility index (Phi) is 6.18. The maximum absolute atomic E-state index is 13.4. The van der Waals surface area contributed by atoms with Crippen molar-refractivity contribution in [2.24, 2.45) is 0 Å². The molecular formula is C26H36N2O5Si2. The molecule has 9 heteroatoms. The highest BCUT2D eigenvalue weighted by molar-refractivity contribution is 6.85. The zero-order valence-corrected chi connectivity index (χ0v) is 24.0. The molecular weight excluding hydrogens is 476 g/mol. The number of hydrogen-bond donors (Lipinski definition) is 0. The van der Waals surface area contributed by atoms with Crippen LogP contribution in [0.5, 0.6) is 11.5 Å². The van der Waals surface area contributed by atoms with Crippen LogP contribution in [-0.2, 0) is 4.12 Å². The molecule has 2 heterocycles.